The van der Waals surface area contributed by atoms with Crippen LogP contribution in [0.1, 0.15) is 11.1 Å². The van der Waals surface area contributed by atoms with Crippen molar-refractivity contribution >= 4 is 63.7 Å². The van der Waals surface area contributed by atoms with Crippen molar-refractivity contribution in [2.75, 3.05) is 0 Å². The average molecular weight is 498 g/mol. The average Bonchev–Trinajstić information content (AvgIpc) is 2.29. The van der Waals surface area contributed by atoms with Crippen molar-refractivity contribution in [2.45, 2.75) is 12.8 Å². The maximum atomic E-state index is 3.59. The lowest BCUT2D eigenvalue weighted by Crippen LogP contribution is -1.93. The molecule has 2 aromatic rings. The smallest absolute Gasteiger partial charge is 0.0208 e. The SMILES string of the molecule is Brc1cc(Br)cc(CCc2cc(Br)ccc2Br)c1. The van der Waals surface area contributed by atoms with Crippen molar-refractivity contribution in [3.8, 4) is 0 Å². The summed E-state index contributed by atoms with van der Waals surface area (Å²) in [5, 5.41) is 0. The van der Waals surface area contributed by atoms with Crippen molar-refractivity contribution in [3.63, 3.8) is 0 Å². The number of hydrogen-bond acceptors (Lipinski definition) is 0. The van der Waals surface area contributed by atoms with Gasteiger partial charge in [-0.3, -0.25) is 0 Å². The second-order valence-corrected chi connectivity index (χ2v) is 7.61. The molecule has 0 atom stereocenters. The van der Waals surface area contributed by atoms with Crippen LogP contribution in [0, 0.1) is 0 Å². The molecule has 0 N–H and O–H groups in total. The maximum Gasteiger partial charge on any atom is 0.0208 e. The van der Waals surface area contributed by atoms with Crippen molar-refractivity contribution in [2.24, 2.45) is 0 Å². The van der Waals surface area contributed by atoms with Gasteiger partial charge in [-0.2, -0.15) is 0 Å². The van der Waals surface area contributed by atoms with E-state index in [1.807, 2.05) is 6.07 Å². The quantitative estimate of drug-likeness (QED) is 0.453. The largest absolute Gasteiger partial charge is 0.0508 e. The lowest BCUT2D eigenvalue weighted by atomic mass is 10.0. The van der Waals surface area contributed by atoms with Gasteiger partial charge in [-0.05, 0) is 60.4 Å². The van der Waals surface area contributed by atoms with Crippen molar-refractivity contribution in [1.29, 1.82) is 0 Å². The third-order valence-corrected chi connectivity index (χ3v) is 4.80. The maximum absolute atomic E-state index is 3.59. The summed E-state index contributed by atoms with van der Waals surface area (Å²) < 4.78 is 4.51. The van der Waals surface area contributed by atoms with Crippen LogP contribution in [0.25, 0.3) is 0 Å². The number of rotatable bonds is 3. The zero-order valence-corrected chi connectivity index (χ0v) is 15.7. The third-order valence-electron chi connectivity index (χ3n) is 2.61. The first-order valence-corrected chi connectivity index (χ1v) is 8.61. The number of hydrogen-bond donors (Lipinski definition) is 0. The van der Waals surface area contributed by atoms with Crippen LogP contribution in [0.5, 0.6) is 0 Å². The van der Waals surface area contributed by atoms with E-state index in [0.29, 0.717) is 0 Å². The summed E-state index contributed by atoms with van der Waals surface area (Å²) >= 11 is 14.1. The van der Waals surface area contributed by atoms with Gasteiger partial charge in [0.25, 0.3) is 0 Å². The molecule has 0 heterocycles. The predicted octanol–water partition coefficient (Wildman–Crippen LogP) is 6.52. The first-order valence-electron chi connectivity index (χ1n) is 5.43. The van der Waals surface area contributed by atoms with Gasteiger partial charge in [0, 0.05) is 17.9 Å². The molecule has 2 aromatic carbocycles. The van der Waals surface area contributed by atoms with Gasteiger partial charge in [0.05, 0.1) is 0 Å². The lowest BCUT2D eigenvalue weighted by Gasteiger charge is -2.07. The van der Waals surface area contributed by atoms with E-state index >= 15 is 0 Å². The highest BCUT2D eigenvalue weighted by Crippen LogP contribution is 2.25. The van der Waals surface area contributed by atoms with E-state index in [1.165, 1.54) is 15.6 Å². The van der Waals surface area contributed by atoms with Gasteiger partial charge in [-0.1, -0.05) is 63.7 Å². The molecule has 0 amide bonds. The minimum atomic E-state index is 1.02. The van der Waals surface area contributed by atoms with Crippen LogP contribution in [0.2, 0.25) is 0 Å². The lowest BCUT2D eigenvalue weighted by molar-refractivity contribution is 0.951. The van der Waals surface area contributed by atoms with Gasteiger partial charge < -0.3 is 0 Å². The van der Waals surface area contributed by atoms with E-state index in [4.69, 9.17) is 0 Å². The molecule has 4 heteroatoms. The van der Waals surface area contributed by atoms with Gasteiger partial charge in [-0.15, -0.1) is 0 Å². The van der Waals surface area contributed by atoms with Gasteiger partial charge in [0.15, 0.2) is 0 Å². The van der Waals surface area contributed by atoms with E-state index in [0.717, 1.165) is 26.3 Å². The van der Waals surface area contributed by atoms with Crippen molar-refractivity contribution in [1.82, 2.24) is 0 Å². The Morgan fingerprint density at radius 1 is 0.667 bits per heavy atom. The Bertz CT molecular complexity index is 543. The molecule has 0 aliphatic rings. The molecule has 0 nitrogen and oxygen atoms in total. The highest BCUT2D eigenvalue weighted by atomic mass is 79.9. The summed E-state index contributed by atoms with van der Waals surface area (Å²) in [6, 6.07) is 12.7. The summed E-state index contributed by atoms with van der Waals surface area (Å²) in [5.41, 5.74) is 2.64. The van der Waals surface area contributed by atoms with Crippen LogP contribution < -0.4 is 0 Å². The molecular formula is C14H10Br4. The van der Waals surface area contributed by atoms with Crippen LogP contribution in [0.15, 0.2) is 54.3 Å². The van der Waals surface area contributed by atoms with Gasteiger partial charge in [0.1, 0.15) is 0 Å². The predicted molar refractivity (Wildman–Crippen MR) is 91.1 cm³/mol. The second kappa shape index (κ2) is 6.69. The zero-order chi connectivity index (χ0) is 13.1. The first kappa shape index (κ1) is 14.8. The van der Waals surface area contributed by atoms with E-state index in [2.05, 4.69) is 94.1 Å². The fourth-order valence-electron chi connectivity index (χ4n) is 1.77. The van der Waals surface area contributed by atoms with Gasteiger partial charge in [0.2, 0.25) is 0 Å². The Kier molecular flexibility index (Phi) is 5.48. The molecule has 0 bridgehead atoms. The van der Waals surface area contributed by atoms with Crippen LogP contribution >= 0.6 is 63.7 Å². The Balaban J connectivity index is 2.13. The van der Waals surface area contributed by atoms with Crippen LogP contribution in [-0.4, -0.2) is 0 Å². The van der Waals surface area contributed by atoms with Crippen molar-refractivity contribution < 1.29 is 0 Å². The van der Waals surface area contributed by atoms with Gasteiger partial charge in [-0.25, -0.2) is 0 Å². The van der Waals surface area contributed by atoms with E-state index in [-0.39, 0.29) is 0 Å². The molecule has 0 aliphatic heterocycles. The summed E-state index contributed by atoms with van der Waals surface area (Å²) in [6.45, 7) is 0. The van der Waals surface area contributed by atoms with E-state index < -0.39 is 0 Å². The monoisotopic (exact) mass is 494 g/mol. The summed E-state index contributed by atoms with van der Waals surface area (Å²) in [7, 11) is 0. The minimum Gasteiger partial charge on any atom is -0.0508 e. The second-order valence-electron chi connectivity index (χ2n) is 4.01. The van der Waals surface area contributed by atoms with Gasteiger partial charge >= 0.3 is 0 Å². The molecule has 0 unspecified atom stereocenters. The zero-order valence-electron chi connectivity index (χ0n) is 9.39. The highest BCUT2D eigenvalue weighted by molar-refractivity contribution is 9.11. The molecule has 0 aliphatic carbocycles. The topological polar surface area (TPSA) is 0 Å². The first-order chi connectivity index (χ1) is 8.54. The van der Waals surface area contributed by atoms with Crippen molar-refractivity contribution in [3.05, 3.63) is 65.4 Å². The Hall–Kier alpha value is 0.360. The molecule has 0 spiro atoms. The fraction of sp³-hybridized carbons (Fsp3) is 0.143. The van der Waals surface area contributed by atoms with Crippen LogP contribution in [-0.2, 0) is 12.8 Å². The highest BCUT2D eigenvalue weighted by Gasteiger charge is 2.03. The van der Waals surface area contributed by atoms with Crippen LogP contribution in [0.3, 0.4) is 0 Å². The molecule has 0 radical (unpaired) electrons. The summed E-state index contributed by atoms with van der Waals surface area (Å²) in [4.78, 5) is 0. The van der Waals surface area contributed by atoms with Crippen LogP contribution in [0.4, 0.5) is 0 Å². The molecule has 0 saturated heterocycles. The number of aryl methyl sites for hydroxylation is 2. The number of benzene rings is 2. The van der Waals surface area contributed by atoms with E-state index in [1.54, 1.807) is 0 Å². The molecule has 94 valence electrons. The molecular weight excluding hydrogens is 488 g/mol. The molecule has 0 saturated carbocycles. The molecule has 0 fully saturated rings. The Morgan fingerprint density at radius 3 is 2.00 bits per heavy atom. The normalized spacial score (nSPS) is 10.7. The Morgan fingerprint density at radius 2 is 1.33 bits per heavy atom. The summed E-state index contributed by atoms with van der Waals surface area (Å²) in [6.07, 6.45) is 2.04. The molecule has 2 rings (SSSR count). The standard InChI is InChI=1S/C14H10Br4/c15-11-3-4-14(18)10(7-11)2-1-9-5-12(16)8-13(17)6-9/h3-8H,1-2H2. The van der Waals surface area contributed by atoms with E-state index in [9.17, 15) is 0 Å². The molecule has 18 heavy (non-hydrogen) atoms. The fourth-order valence-corrected chi connectivity index (χ4v) is 4.01. The number of halogens is 4. The Labute approximate surface area is 141 Å². The summed E-state index contributed by atoms with van der Waals surface area (Å²) in [5.74, 6) is 0. The minimum absolute atomic E-state index is 1.02. The molecule has 0 aromatic heterocycles. The third kappa shape index (κ3) is 4.19.